The normalized spacial score (nSPS) is 13.2. The Morgan fingerprint density at radius 2 is 0.915 bits per heavy atom. The molecule has 0 N–H and O–H groups in total. The quantitative estimate of drug-likeness (QED) is 0.124. The number of hydrogen-bond acceptors (Lipinski definition) is 0. The molecule has 0 aliphatic carbocycles. The third kappa shape index (κ3) is 7.50. The van der Waals surface area contributed by atoms with Crippen LogP contribution in [0.2, 0.25) is 0 Å². The maximum atomic E-state index is 4.52. The van der Waals surface area contributed by atoms with Crippen molar-refractivity contribution >= 4 is 39.2 Å². The summed E-state index contributed by atoms with van der Waals surface area (Å²) in [6.07, 6.45) is 2.33. The van der Waals surface area contributed by atoms with Crippen LogP contribution in [-0.4, -0.2) is 15.2 Å². The average molecular weight is 808 g/mol. The first-order valence-electron chi connectivity index (χ1n) is 17.0. The second kappa shape index (κ2) is 14.8. The number of benzene rings is 4. The SMILES string of the molecule is CC(C)c1cccc(C(C)C)c1[N+]1=C=[N+](c2c(C(C)C)cccc2C(C)C)C(C(C)(C)C)=C1.[Au+].c1ccc2c(c1)[n-]c1ccccc12. The van der Waals surface area contributed by atoms with Gasteiger partial charge in [-0.1, -0.05) is 149 Å². The van der Waals surface area contributed by atoms with Crippen molar-refractivity contribution in [3.8, 4) is 0 Å². The first-order valence-corrected chi connectivity index (χ1v) is 17.0. The van der Waals surface area contributed by atoms with Crippen LogP contribution in [0.3, 0.4) is 0 Å². The predicted molar refractivity (Wildman–Crippen MR) is 196 cm³/mol. The van der Waals surface area contributed by atoms with Gasteiger partial charge in [-0.05, 0) is 55.2 Å². The minimum absolute atomic E-state index is 0. The van der Waals surface area contributed by atoms with Gasteiger partial charge >= 0.3 is 28.4 Å². The number of fused-ring (bicyclic) bond motifs is 3. The number of rotatable bonds is 6. The van der Waals surface area contributed by atoms with Crippen LogP contribution in [0.15, 0.2) is 96.8 Å². The molecule has 248 valence electrons. The van der Waals surface area contributed by atoms with E-state index in [1.54, 1.807) is 0 Å². The molecule has 47 heavy (non-hydrogen) atoms. The van der Waals surface area contributed by atoms with Gasteiger partial charge in [-0.25, -0.2) is 0 Å². The van der Waals surface area contributed by atoms with E-state index in [-0.39, 0.29) is 27.8 Å². The summed E-state index contributed by atoms with van der Waals surface area (Å²) in [5, 5.41) is 2.50. The van der Waals surface area contributed by atoms with Crippen LogP contribution in [0.1, 0.15) is 122 Å². The van der Waals surface area contributed by atoms with Gasteiger partial charge < -0.3 is 4.98 Å². The third-order valence-corrected chi connectivity index (χ3v) is 8.96. The summed E-state index contributed by atoms with van der Waals surface area (Å²) in [4.78, 5) is 4.52. The molecule has 2 heterocycles. The van der Waals surface area contributed by atoms with Gasteiger partial charge in [0.2, 0.25) is 11.4 Å². The zero-order chi connectivity index (χ0) is 33.3. The van der Waals surface area contributed by atoms with Crippen LogP contribution >= 0.6 is 0 Å². The molecule has 0 bridgehead atoms. The number of allylic oxidation sites excluding steroid dienone is 1. The topological polar surface area (TPSA) is 20.1 Å². The van der Waals surface area contributed by atoms with Gasteiger partial charge in [-0.15, -0.1) is 11.0 Å². The fraction of sp³-hybridized carbons (Fsp3) is 0.372. The van der Waals surface area contributed by atoms with E-state index in [9.17, 15) is 0 Å². The standard InChI is InChI=1S/C31H44N2.C12H8N.Au/c1-20(2)24-14-12-15-25(21(3)4)29(24)32-18-28(31(9,10)11)33(19-32)30-26(22(5)6)16-13-17-27(30)23(7)8;1-3-7-11-9(5-1)10-6-2-4-8-12(10)13-11;/h12-18,20-23H,1-11H3;1-8H;/q+2;-1;+1. The van der Waals surface area contributed by atoms with Crippen LogP contribution in [0.5, 0.6) is 0 Å². The van der Waals surface area contributed by atoms with Crippen molar-refractivity contribution in [3.63, 3.8) is 0 Å². The fourth-order valence-electron chi connectivity index (χ4n) is 6.47. The molecule has 0 radical (unpaired) electrons. The summed E-state index contributed by atoms with van der Waals surface area (Å²) in [7, 11) is 0. The van der Waals surface area contributed by atoms with Crippen LogP contribution in [0, 0.1) is 5.41 Å². The molecule has 0 saturated heterocycles. The Kier molecular flexibility index (Phi) is 11.4. The Morgan fingerprint density at radius 3 is 1.30 bits per heavy atom. The predicted octanol–water partition coefficient (Wildman–Crippen LogP) is 12.2. The summed E-state index contributed by atoms with van der Waals surface area (Å²) in [5.41, 5.74) is 11.5. The monoisotopic (exact) mass is 807 g/mol. The van der Waals surface area contributed by atoms with Gasteiger partial charge in [-0.3, -0.25) is 0 Å². The zero-order valence-corrected chi connectivity index (χ0v) is 32.3. The van der Waals surface area contributed by atoms with Crippen molar-refractivity contribution < 1.29 is 31.5 Å². The molecule has 5 aromatic rings. The van der Waals surface area contributed by atoms with E-state index in [4.69, 9.17) is 0 Å². The van der Waals surface area contributed by atoms with Gasteiger partial charge in [0.15, 0.2) is 0 Å². The summed E-state index contributed by atoms with van der Waals surface area (Å²) in [6.45, 7) is 25.2. The van der Waals surface area contributed by atoms with Crippen molar-refractivity contribution in [1.29, 1.82) is 0 Å². The van der Waals surface area contributed by atoms with E-state index >= 15 is 0 Å². The summed E-state index contributed by atoms with van der Waals surface area (Å²) in [5.74, 6) is 1.75. The van der Waals surface area contributed by atoms with Crippen molar-refractivity contribution in [2.24, 2.45) is 5.41 Å². The molecule has 1 aromatic heterocycles. The second-order valence-corrected chi connectivity index (χ2v) is 14.9. The van der Waals surface area contributed by atoms with Gasteiger partial charge in [0.05, 0.1) is 5.41 Å². The average Bonchev–Trinajstić information content (AvgIpc) is 3.63. The molecule has 0 unspecified atom stereocenters. The van der Waals surface area contributed by atoms with Crippen LogP contribution in [0.25, 0.3) is 21.8 Å². The van der Waals surface area contributed by atoms with Gasteiger partial charge in [0.25, 0.3) is 11.9 Å². The Hall–Kier alpha value is -3.46. The van der Waals surface area contributed by atoms with E-state index in [0.717, 1.165) is 11.0 Å². The molecule has 1 aliphatic rings. The molecule has 6 rings (SSSR count). The van der Waals surface area contributed by atoms with E-state index in [1.165, 1.54) is 50.1 Å². The van der Waals surface area contributed by atoms with Gasteiger partial charge in [0.1, 0.15) is 0 Å². The van der Waals surface area contributed by atoms with E-state index in [0.29, 0.717) is 23.7 Å². The molecule has 0 fully saturated rings. The first kappa shape index (κ1) is 36.4. The maximum absolute atomic E-state index is 4.52. The molecule has 0 saturated carbocycles. The number of hydrogen-bond donors (Lipinski definition) is 0. The number of para-hydroxylation sites is 4. The molecule has 1 aliphatic heterocycles. The third-order valence-electron chi connectivity index (χ3n) is 8.96. The maximum Gasteiger partial charge on any atom is 1.00 e. The fourth-order valence-corrected chi connectivity index (χ4v) is 6.47. The zero-order valence-electron chi connectivity index (χ0n) is 30.1. The first-order chi connectivity index (χ1) is 21.8. The Balaban J connectivity index is 0.000000294. The van der Waals surface area contributed by atoms with E-state index in [1.807, 2.05) is 12.1 Å². The van der Waals surface area contributed by atoms with Crippen LogP contribution in [0.4, 0.5) is 11.4 Å². The van der Waals surface area contributed by atoms with Crippen LogP contribution < -0.4 is 4.98 Å². The molecular weight excluding hydrogens is 755 g/mol. The molecule has 0 atom stereocenters. The Labute approximate surface area is 298 Å². The van der Waals surface area contributed by atoms with Gasteiger partial charge in [-0.2, -0.15) is 0 Å². The second-order valence-electron chi connectivity index (χ2n) is 14.9. The van der Waals surface area contributed by atoms with Crippen molar-refractivity contribution in [2.75, 3.05) is 0 Å². The molecule has 4 heteroatoms. The number of nitrogens with zero attached hydrogens (tertiary/aromatic N) is 3. The summed E-state index contributed by atoms with van der Waals surface area (Å²) < 4.78 is 4.65. The van der Waals surface area contributed by atoms with E-state index in [2.05, 4.69) is 175 Å². The van der Waals surface area contributed by atoms with Crippen molar-refractivity contribution in [1.82, 2.24) is 4.98 Å². The summed E-state index contributed by atoms with van der Waals surface area (Å²) in [6, 6.07) is 33.9. The minimum atomic E-state index is -0.0230. The van der Waals surface area contributed by atoms with Gasteiger partial charge in [0, 0.05) is 22.3 Å². The molecule has 0 spiro atoms. The Morgan fingerprint density at radius 1 is 0.532 bits per heavy atom. The van der Waals surface area contributed by atoms with Crippen LogP contribution in [-0.2, 0) is 22.4 Å². The number of aromatic nitrogens is 1. The summed E-state index contributed by atoms with van der Waals surface area (Å²) >= 11 is 0. The van der Waals surface area contributed by atoms with E-state index < -0.39 is 0 Å². The molecule has 3 nitrogen and oxygen atoms in total. The molecule has 0 amide bonds. The molecular formula is C43H52AuN3+2. The minimum Gasteiger partial charge on any atom is -0.657 e. The smallest absolute Gasteiger partial charge is 0.657 e. The molecule has 4 aromatic carbocycles. The Bertz CT molecular complexity index is 1870. The van der Waals surface area contributed by atoms with Crippen molar-refractivity contribution in [2.45, 2.75) is 99.8 Å². The van der Waals surface area contributed by atoms with Crippen molar-refractivity contribution in [3.05, 3.63) is 119 Å². The largest absolute Gasteiger partial charge is 1.00 e.